The number of ether oxygens (including phenoxy) is 1. The Bertz CT molecular complexity index is 274. The minimum atomic E-state index is 0. The normalized spacial score (nSPS) is 30.8. The Morgan fingerprint density at radius 1 is 1.50 bits per heavy atom. The van der Waals surface area contributed by atoms with E-state index in [0.717, 1.165) is 39.1 Å². The molecule has 1 heterocycles. The smallest absolute Gasteiger partial charge is 0.228 e. The highest BCUT2D eigenvalue weighted by molar-refractivity contribution is 5.85. The second-order valence-corrected chi connectivity index (χ2v) is 5.19. The number of carbonyl (C=O) groups is 1. The van der Waals surface area contributed by atoms with Gasteiger partial charge in [0.1, 0.15) is 0 Å². The largest absolute Gasteiger partial charge is 0.378 e. The second kappa shape index (κ2) is 7.31. The lowest BCUT2D eigenvalue weighted by atomic mass is 9.97. The minimum Gasteiger partial charge on any atom is -0.378 e. The van der Waals surface area contributed by atoms with E-state index in [1.54, 1.807) is 0 Å². The van der Waals surface area contributed by atoms with Gasteiger partial charge in [0.15, 0.2) is 0 Å². The highest BCUT2D eigenvalue weighted by Crippen LogP contribution is 2.36. The summed E-state index contributed by atoms with van der Waals surface area (Å²) in [6.07, 6.45) is 3.52. The molecule has 0 aromatic rings. The molecule has 1 saturated heterocycles. The lowest BCUT2D eigenvalue weighted by Crippen LogP contribution is -2.43. The summed E-state index contributed by atoms with van der Waals surface area (Å²) >= 11 is 0. The highest BCUT2D eigenvalue weighted by atomic mass is 35.5. The van der Waals surface area contributed by atoms with Gasteiger partial charge in [0.25, 0.3) is 0 Å². The van der Waals surface area contributed by atoms with Gasteiger partial charge in [-0.1, -0.05) is 0 Å². The molecule has 4 nitrogen and oxygen atoms in total. The quantitative estimate of drug-likeness (QED) is 0.823. The molecule has 2 fully saturated rings. The molecule has 3 unspecified atom stereocenters. The first-order chi connectivity index (χ1) is 8.26. The second-order valence-electron chi connectivity index (χ2n) is 5.19. The van der Waals surface area contributed by atoms with Gasteiger partial charge in [0.2, 0.25) is 5.91 Å². The minimum absolute atomic E-state index is 0. The average molecular weight is 277 g/mol. The van der Waals surface area contributed by atoms with Crippen LogP contribution in [0.3, 0.4) is 0 Å². The van der Waals surface area contributed by atoms with Crippen molar-refractivity contribution in [3.8, 4) is 0 Å². The summed E-state index contributed by atoms with van der Waals surface area (Å²) in [6.45, 7) is 5.59. The van der Waals surface area contributed by atoms with Crippen LogP contribution >= 0.6 is 12.4 Å². The summed E-state index contributed by atoms with van der Waals surface area (Å²) < 4.78 is 5.49. The first-order valence-electron chi connectivity index (χ1n) is 6.81. The summed E-state index contributed by atoms with van der Waals surface area (Å²) in [4.78, 5) is 14.3. The first kappa shape index (κ1) is 15.7. The Hall–Kier alpha value is -0.320. The van der Waals surface area contributed by atoms with Crippen molar-refractivity contribution >= 4 is 18.3 Å². The van der Waals surface area contributed by atoms with E-state index < -0.39 is 0 Å². The van der Waals surface area contributed by atoms with Gasteiger partial charge < -0.3 is 15.0 Å². The summed E-state index contributed by atoms with van der Waals surface area (Å²) in [7, 11) is 1.98. The molecule has 0 spiro atoms. The van der Waals surface area contributed by atoms with Crippen molar-refractivity contribution in [3.63, 3.8) is 0 Å². The van der Waals surface area contributed by atoms with Crippen LogP contribution in [0.4, 0.5) is 0 Å². The third-order valence-electron chi connectivity index (χ3n) is 3.75. The Morgan fingerprint density at radius 2 is 2.28 bits per heavy atom. The van der Waals surface area contributed by atoms with Crippen LogP contribution in [-0.2, 0) is 9.53 Å². The van der Waals surface area contributed by atoms with E-state index in [1.165, 1.54) is 6.42 Å². The number of nitrogens with zero attached hydrogens (tertiary/aromatic N) is 1. The number of amides is 1. The molecule has 1 amide bonds. The van der Waals surface area contributed by atoms with Gasteiger partial charge in [-0.25, -0.2) is 0 Å². The molecule has 0 bridgehead atoms. The maximum Gasteiger partial charge on any atom is 0.228 e. The molecule has 106 valence electrons. The molecule has 1 saturated carbocycles. The molecule has 2 rings (SSSR count). The molecule has 5 heteroatoms. The fourth-order valence-electron chi connectivity index (χ4n) is 2.78. The Kier molecular flexibility index (Phi) is 6.39. The molecular weight excluding hydrogens is 252 g/mol. The van der Waals surface area contributed by atoms with Crippen LogP contribution in [0.25, 0.3) is 0 Å². The number of hydrogen-bond donors (Lipinski definition) is 1. The third kappa shape index (κ3) is 3.84. The van der Waals surface area contributed by atoms with E-state index in [-0.39, 0.29) is 24.4 Å². The van der Waals surface area contributed by atoms with Crippen LogP contribution < -0.4 is 5.32 Å². The van der Waals surface area contributed by atoms with Gasteiger partial charge in [-0.2, -0.15) is 0 Å². The number of halogens is 1. The number of nitrogens with one attached hydrogen (secondary N) is 1. The predicted octanol–water partition coefficient (Wildman–Crippen LogP) is 1.29. The molecule has 0 aromatic heterocycles. The van der Waals surface area contributed by atoms with Crippen molar-refractivity contribution in [2.45, 2.75) is 32.3 Å². The standard InChI is InChI=1S/C13H24N2O2.ClH/c1-3-17-12-7-11(12)13(16)15-6-4-5-10(9-15)8-14-2;/h10-12,14H,3-9H2,1-2H3;1H. The Labute approximate surface area is 116 Å². The lowest BCUT2D eigenvalue weighted by molar-refractivity contribution is -0.135. The monoisotopic (exact) mass is 276 g/mol. The molecular formula is C13H25ClN2O2. The Balaban J connectivity index is 0.00000162. The third-order valence-corrected chi connectivity index (χ3v) is 3.75. The van der Waals surface area contributed by atoms with Crippen LogP contribution in [0.1, 0.15) is 26.2 Å². The predicted molar refractivity (Wildman–Crippen MR) is 74.0 cm³/mol. The SMILES string of the molecule is CCOC1CC1C(=O)N1CCCC(CNC)C1.Cl. The van der Waals surface area contributed by atoms with Crippen LogP contribution in [0.5, 0.6) is 0 Å². The van der Waals surface area contributed by atoms with E-state index >= 15 is 0 Å². The van der Waals surface area contributed by atoms with Gasteiger partial charge in [-0.05, 0) is 45.7 Å². The van der Waals surface area contributed by atoms with Gasteiger partial charge in [0.05, 0.1) is 12.0 Å². The van der Waals surface area contributed by atoms with Gasteiger partial charge in [-0.3, -0.25) is 4.79 Å². The molecule has 1 N–H and O–H groups in total. The molecule has 3 atom stereocenters. The zero-order chi connectivity index (χ0) is 12.3. The average Bonchev–Trinajstić information content (AvgIpc) is 3.09. The van der Waals surface area contributed by atoms with Gasteiger partial charge in [-0.15, -0.1) is 12.4 Å². The van der Waals surface area contributed by atoms with Crippen molar-refractivity contribution in [2.75, 3.05) is 33.3 Å². The highest BCUT2D eigenvalue weighted by Gasteiger charge is 2.46. The number of hydrogen-bond acceptors (Lipinski definition) is 3. The molecule has 1 aliphatic heterocycles. The maximum atomic E-state index is 12.2. The van der Waals surface area contributed by atoms with Crippen molar-refractivity contribution in [1.82, 2.24) is 10.2 Å². The van der Waals surface area contributed by atoms with E-state index in [0.29, 0.717) is 11.8 Å². The molecule has 1 aliphatic carbocycles. The van der Waals surface area contributed by atoms with Crippen LogP contribution in [0.2, 0.25) is 0 Å². The maximum absolute atomic E-state index is 12.2. The van der Waals surface area contributed by atoms with E-state index in [2.05, 4.69) is 10.2 Å². The molecule has 18 heavy (non-hydrogen) atoms. The number of rotatable bonds is 5. The number of piperidine rings is 1. The van der Waals surface area contributed by atoms with E-state index in [4.69, 9.17) is 4.74 Å². The fourth-order valence-corrected chi connectivity index (χ4v) is 2.78. The van der Waals surface area contributed by atoms with Gasteiger partial charge >= 0.3 is 0 Å². The first-order valence-corrected chi connectivity index (χ1v) is 6.81. The van der Waals surface area contributed by atoms with Crippen molar-refractivity contribution in [3.05, 3.63) is 0 Å². The van der Waals surface area contributed by atoms with Crippen LogP contribution in [-0.4, -0.2) is 50.2 Å². The van der Waals surface area contributed by atoms with E-state index in [9.17, 15) is 4.79 Å². The van der Waals surface area contributed by atoms with Crippen molar-refractivity contribution in [2.24, 2.45) is 11.8 Å². The fraction of sp³-hybridized carbons (Fsp3) is 0.923. The summed E-state index contributed by atoms with van der Waals surface area (Å²) in [5, 5.41) is 3.21. The topological polar surface area (TPSA) is 41.6 Å². The number of carbonyl (C=O) groups excluding carboxylic acids is 1. The lowest BCUT2D eigenvalue weighted by Gasteiger charge is -2.33. The summed E-state index contributed by atoms with van der Waals surface area (Å²) in [5.74, 6) is 1.11. The van der Waals surface area contributed by atoms with Crippen LogP contribution in [0.15, 0.2) is 0 Å². The zero-order valence-electron chi connectivity index (χ0n) is 11.4. The molecule has 2 aliphatic rings. The van der Waals surface area contributed by atoms with Crippen LogP contribution in [0, 0.1) is 11.8 Å². The summed E-state index contributed by atoms with van der Waals surface area (Å²) in [5.41, 5.74) is 0. The number of likely N-dealkylation sites (tertiary alicyclic amines) is 1. The summed E-state index contributed by atoms with van der Waals surface area (Å²) in [6, 6.07) is 0. The zero-order valence-corrected chi connectivity index (χ0v) is 12.2. The Morgan fingerprint density at radius 3 is 2.94 bits per heavy atom. The van der Waals surface area contributed by atoms with Gasteiger partial charge in [0, 0.05) is 19.7 Å². The van der Waals surface area contributed by atoms with Crippen molar-refractivity contribution < 1.29 is 9.53 Å². The molecule has 0 radical (unpaired) electrons. The van der Waals surface area contributed by atoms with Crippen molar-refractivity contribution in [1.29, 1.82) is 0 Å². The molecule has 0 aromatic carbocycles. The van der Waals surface area contributed by atoms with E-state index in [1.807, 2.05) is 14.0 Å².